The van der Waals surface area contributed by atoms with Crippen molar-refractivity contribution in [3.63, 3.8) is 0 Å². The third kappa shape index (κ3) is 4.85. The third-order valence-electron chi connectivity index (χ3n) is 4.28. The average molecular weight is 385 g/mol. The van der Waals surface area contributed by atoms with E-state index in [0.29, 0.717) is 30.9 Å². The van der Waals surface area contributed by atoms with Gasteiger partial charge in [0, 0.05) is 38.0 Å². The highest BCUT2D eigenvalue weighted by Gasteiger charge is 2.30. The molecule has 1 aliphatic rings. The van der Waals surface area contributed by atoms with Crippen molar-refractivity contribution in [2.45, 2.75) is 13.3 Å². The number of benzene rings is 2. The van der Waals surface area contributed by atoms with Crippen LogP contribution in [0.25, 0.3) is 0 Å². The van der Waals surface area contributed by atoms with Gasteiger partial charge in [0.25, 0.3) is 0 Å². The van der Waals surface area contributed by atoms with Gasteiger partial charge in [-0.1, -0.05) is 12.1 Å². The molecule has 1 atom stereocenters. The van der Waals surface area contributed by atoms with Crippen LogP contribution in [0.3, 0.4) is 0 Å². The van der Waals surface area contributed by atoms with Crippen LogP contribution in [0.4, 0.5) is 20.6 Å². The van der Waals surface area contributed by atoms with E-state index in [9.17, 15) is 18.8 Å². The molecule has 0 aliphatic carbocycles. The van der Waals surface area contributed by atoms with Crippen molar-refractivity contribution in [2.24, 2.45) is 5.92 Å². The van der Waals surface area contributed by atoms with Gasteiger partial charge in [-0.15, -0.1) is 0 Å². The maximum atomic E-state index is 13.0. The van der Waals surface area contributed by atoms with Crippen LogP contribution in [0, 0.1) is 11.7 Å². The molecule has 2 aromatic carbocycles. The van der Waals surface area contributed by atoms with E-state index in [1.54, 1.807) is 41.3 Å². The Balaban J connectivity index is 1.54. The normalized spacial score (nSPS) is 16.0. The largest absolute Gasteiger partial charge is 0.424 e. The second-order valence-corrected chi connectivity index (χ2v) is 6.48. The monoisotopic (exact) mass is 385 g/mol. The first kappa shape index (κ1) is 19.3. The summed E-state index contributed by atoms with van der Waals surface area (Å²) in [5, 5.41) is 5.36. The Morgan fingerprint density at radius 3 is 2.61 bits per heavy atom. The maximum absolute atomic E-state index is 13.0. The summed E-state index contributed by atoms with van der Waals surface area (Å²) < 4.78 is 18.1. The van der Waals surface area contributed by atoms with E-state index >= 15 is 0 Å². The van der Waals surface area contributed by atoms with Crippen LogP contribution < -0.4 is 20.3 Å². The molecule has 1 saturated heterocycles. The molecule has 2 N–H and O–H groups in total. The molecule has 28 heavy (non-hydrogen) atoms. The summed E-state index contributed by atoms with van der Waals surface area (Å²) in [6.45, 7) is 2.01. The molecule has 0 spiro atoms. The van der Waals surface area contributed by atoms with Crippen LogP contribution in [0.15, 0.2) is 48.5 Å². The van der Waals surface area contributed by atoms with Gasteiger partial charge in [-0.25, -0.2) is 9.18 Å². The number of nitrogens with one attached hydrogen (secondary N) is 2. The third-order valence-corrected chi connectivity index (χ3v) is 4.28. The van der Waals surface area contributed by atoms with Crippen molar-refractivity contribution in [3.05, 3.63) is 54.3 Å². The zero-order valence-electron chi connectivity index (χ0n) is 15.3. The smallest absolute Gasteiger partial charge is 0.319 e. The summed E-state index contributed by atoms with van der Waals surface area (Å²) >= 11 is 0. The fourth-order valence-electron chi connectivity index (χ4n) is 3.01. The van der Waals surface area contributed by atoms with E-state index in [-0.39, 0.29) is 23.4 Å². The van der Waals surface area contributed by atoms with E-state index in [4.69, 9.17) is 4.74 Å². The van der Waals surface area contributed by atoms with Crippen molar-refractivity contribution in [3.8, 4) is 5.75 Å². The SMILES string of the molecule is CC(=O)Oc1ccccc1NC(=O)NCC1CC(=O)N(c2ccc(F)cc2)C1. The number of ether oxygens (including phenoxy) is 1. The lowest BCUT2D eigenvalue weighted by atomic mass is 10.1. The first-order valence-corrected chi connectivity index (χ1v) is 8.80. The standard InChI is InChI=1S/C20H20FN3O4/c1-13(25)28-18-5-3-2-4-17(18)23-20(27)22-11-14-10-19(26)24(12-14)16-8-6-15(21)7-9-16/h2-9,14H,10-12H2,1H3,(H2,22,23,27). The van der Waals surface area contributed by atoms with Crippen LogP contribution in [0.5, 0.6) is 5.75 Å². The number of esters is 1. The van der Waals surface area contributed by atoms with Gasteiger partial charge < -0.3 is 20.3 Å². The van der Waals surface area contributed by atoms with Crippen molar-refractivity contribution in [2.75, 3.05) is 23.3 Å². The summed E-state index contributed by atoms with van der Waals surface area (Å²) in [7, 11) is 0. The fourth-order valence-corrected chi connectivity index (χ4v) is 3.01. The maximum Gasteiger partial charge on any atom is 0.319 e. The van der Waals surface area contributed by atoms with Crippen LogP contribution in [-0.2, 0) is 9.59 Å². The minimum atomic E-state index is -0.486. The topological polar surface area (TPSA) is 87.7 Å². The minimum Gasteiger partial charge on any atom is -0.424 e. The molecule has 8 heteroatoms. The number of hydrogen-bond donors (Lipinski definition) is 2. The molecule has 0 saturated carbocycles. The number of rotatable bonds is 5. The summed E-state index contributed by atoms with van der Waals surface area (Å²) in [5.41, 5.74) is 0.999. The minimum absolute atomic E-state index is 0.0629. The molecule has 0 radical (unpaired) electrons. The molecular weight excluding hydrogens is 365 g/mol. The Bertz CT molecular complexity index is 885. The molecule has 3 amide bonds. The van der Waals surface area contributed by atoms with Crippen LogP contribution in [0.1, 0.15) is 13.3 Å². The number of hydrogen-bond acceptors (Lipinski definition) is 4. The van der Waals surface area contributed by atoms with Crippen molar-refractivity contribution in [1.82, 2.24) is 5.32 Å². The second-order valence-electron chi connectivity index (χ2n) is 6.48. The van der Waals surface area contributed by atoms with Crippen molar-refractivity contribution in [1.29, 1.82) is 0 Å². The lowest BCUT2D eigenvalue weighted by Gasteiger charge is -2.17. The predicted molar refractivity (Wildman–Crippen MR) is 102 cm³/mol. The van der Waals surface area contributed by atoms with Gasteiger partial charge in [-0.3, -0.25) is 9.59 Å². The first-order chi connectivity index (χ1) is 13.4. The van der Waals surface area contributed by atoms with Gasteiger partial charge in [0.2, 0.25) is 5.91 Å². The predicted octanol–water partition coefficient (Wildman–Crippen LogP) is 2.93. The fraction of sp³-hybridized carbons (Fsp3) is 0.250. The van der Waals surface area contributed by atoms with E-state index in [1.807, 2.05) is 0 Å². The number of nitrogens with zero attached hydrogens (tertiary/aromatic N) is 1. The van der Waals surface area contributed by atoms with E-state index in [0.717, 1.165) is 0 Å². The van der Waals surface area contributed by atoms with Crippen molar-refractivity contribution >= 4 is 29.3 Å². The Morgan fingerprint density at radius 1 is 1.18 bits per heavy atom. The van der Waals surface area contributed by atoms with Crippen LogP contribution in [-0.4, -0.2) is 31.0 Å². The van der Waals surface area contributed by atoms with Gasteiger partial charge in [-0.05, 0) is 36.4 Å². The number of halogens is 1. The molecule has 7 nitrogen and oxygen atoms in total. The van der Waals surface area contributed by atoms with Gasteiger partial charge >= 0.3 is 12.0 Å². The lowest BCUT2D eigenvalue weighted by molar-refractivity contribution is -0.131. The zero-order chi connectivity index (χ0) is 20.1. The van der Waals surface area contributed by atoms with Gasteiger partial charge in [0.1, 0.15) is 5.82 Å². The van der Waals surface area contributed by atoms with E-state index in [2.05, 4.69) is 10.6 Å². The zero-order valence-corrected chi connectivity index (χ0v) is 15.3. The molecule has 2 aromatic rings. The molecule has 146 valence electrons. The Morgan fingerprint density at radius 2 is 1.89 bits per heavy atom. The highest BCUT2D eigenvalue weighted by atomic mass is 19.1. The van der Waals surface area contributed by atoms with Gasteiger partial charge in [0.05, 0.1) is 5.69 Å². The van der Waals surface area contributed by atoms with Crippen molar-refractivity contribution < 1.29 is 23.5 Å². The average Bonchev–Trinajstić information content (AvgIpc) is 3.03. The second kappa shape index (κ2) is 8.51. The van der Waals surface area contributed by atoms with Gasteiger partial charge in [-0.2, -0.15) is 0 Å². The highest BCUT2D eigenvalue weighted by molar-refractivity contribution is 5.96. The van der Waals surface area contributed by atoms with Gasteiger partial charge in [0.15, 0.2) is 5.75 Å². The highest BCUT2D eigenvalue weighted by Crippen LogP contribution is 2.26. The number of carbonyl (C=O) groups is 3. The number of para-hydroxylation sites is 2. The number of amides is 3. The number of urea groups is 1. The van der Waals surface area contributed by atoms with Crippen LogP contribution >= 0.6 is 0 Å². The summed E-state index contributed by atoms with van der Waals surface area (Å²) in [5.74, 6) is -0.728. The number of anilines is 2. The Kier molecular flexibility index (Phi) is 5.88. The molecule has 1 heterocycles. The van der Waals surface area contributed by atoms with Crippen LogP contribution in [0.2, 0.25) is 0 Å². The van der Waals surface area contributed by atoms with E-state index < -0.39 is 12.0 Å². The first-order valence-electron chi connectivity index (χ1n) is 8.80. The molecule has 1 fully saturated rings. The Hall–Kier alpha value is -3.42. The van der Waals surface area contributed by atoms with E-state index in [1.165, 1.54) is 19.1 Å². The summed E-state index contributed by atoms with van der Waals surface area (Å²) in [4.78, 5) is 37.1. The molecule has 3 rings (SSSR count). The molecule has 0 aromatic heterocycles. The molecule has 1 aliphatic heterocycles. The summed E-state index contributed by atoms with van der Waals surface area (Å²) in [6.07, 6.45) is 0.293. The lowest BCUT2D eigenvalue weighted by Crippen LogP contribution is -2.34. The quantitative estimate of drug-likeness (QED) is 0.612. The Labute approximate surface area is 161 Å². The molecule has 1 unspecified atom stereocenters. The molecule has 0 bridgehead atoms. The summed E-state index contributed by atoms with van der Waals surface area (Å²) in [6, 6.07) is 11.9. The molecular formula is C20H20FN3O4. The number of carbonyl (C=O) groups excluding carboxylic acids is 3.